The van der Waals surface area contributed by atoms with Crippen molar-refractivity contribution in [3.63, 3.8) is 0 Å². The summed E-state index contributed by atoms with van der Waals surface area (Å²) in [4.78, 5) is 36.2. The lowest BCUT2D eigenvalue weighted by Crippen LogP contribution is -2.47. The summed E-state index contributed by atoms with van der Waals surface area (Å²) >= 11 is 0. The summed E-state index contributed by atoms with van der Waals surface area (Å²) in [6, 6.07) is 0.0814. The zero-order valence-corrected chi connectivity index (χ0v) is 13.4. The summed E-state index contributed by atoms with van der Waals surface area (Å²) in [7, 11) is 1.58. The van der Waals surface area contributed by atoms with Gasteiger partial charge in [-0.25, -0.2) is 0 Å². The molecule has 0 spiro atoms. The Morgan fingerprint density at radius 1 is 1.14 bits per heavy atom. The number of amides is 2. The molecule has 0 radical (unpaired) electrons. The van der Waals surface area contributed by atoms with Gasteiger partial charge < -0.3 is 24.5 Å². The van der Waals surface area contributed by atoms with Gasteiger partial charge in [0.1, 0.15) is 12.4 Å². The average molecular weight is 314 g/mol. The summed E-state index contributed by atoms with van der Waals surface area (Å²) in [5, 5.41) is 2.92. The number of hydrogen-bond acceptors (Lipinski definition) is 5. The van der Waals surface area contributed by atoms with Crippen LogP contribution in [0.2, 0.25) is 0 Å². The molecule has 1 aliphatic rings. The van der Waals surface area contributed by atoms with E-state index in [-0.39, 0.29) is 43.1 Å². The van der Waals surface area contributed by atoms with Crippen LogP contribution in [0.15, 0.2) is 0 Å². The van der Waals surface area contributed by atoms with Gasteiger partial charge in [-0.1, -0.05) is 0 Å². The number of ether oxygens (including phenoxy) is 2. The molecule has 1 saturated heterocycles. The molecule has 1 fully saturated rings. The molecule has 1 N–H and O–H groups in total. The van der Waals surface area contributed by atoms with Gasteiger partial charge in [0, 0.05) is 39.1 Å². The van der Waals surface area contributed by atoms with Crippen LogP contribution in [0.3, 0.4) is 0 Å². The van der Waals surface area contributed by atoms with E-state index in [0.717, 1.165) is 12.8 Å². The first-order chi connectivity index (χ1) is 10.5. The van der Waals surface area contributed by atoms with Crippen molar-refractivity contribution in [2.45, 2.75) is 38.6 Å². The first kappa shape index (κ1) is 18.6. The Kier molecular flexibility index (Phi) is 8.69. The molecule has 7 heteroatoms. The summed E-state index contributed by atoms with van der Waals surface area (Å²) in [6.45, 7) is 3.66. The monoisotopic (exact) mass is 314 g/mol. The number of nitrogens with zero attached hydrogens (tertiary/aromatic N) is 1. The van der Waals surface area contributed by atoms with Crippen molar-refractivity contribution >= 4 is 17.6 Å². The molecular formula is C15H26N2O5. The van der Waals surface area contributed by atoms with Crippen LogP contribution in [0.25, 0.3) is 0 Å². The van der Waals surface area contributed by atoms with Gasteiger partial charge in [-0.05, 0) is 19.8 Å². The fourth-order valence-corrected chi connectivity index (χ4v) is 2.26. The fourth-order valence-electron chi connectivity index (χ4n) is 2.26. The SMILES string of the molecule is COCCOCC(=O)N1CCC(NC(=O)CCC(C)=O)CC1. The van der Waals surface area contributed by atoms with Crippen LogP contribution >= 0.6 is 0 Å². The normalized spacial score (nSPS) is 15.6. The van der Waals surface area contributed by atoms with Crippen molar-refractivity contribution in [1.29, 1.82) is 0 Å². The predicted molar refractivity (Wildman–Crippen MR) is 80.4 cm³/mol. The largest absolute Gasteiger partial charge is 0.382 e. The van der Waals surface area contributed by atoms with Gasteiger partial charge in [-0.15, -0.1) is 0 Å². The van der Waals surface area contributed by atoms with Crippen LogP contribution in [0, 0.1) is 0 Å². The predicted octanol–water partition coefficient (Wildman–Crippen LogP) is 0.126. The minimum absolute atomic E-state index is 0.0176. The van der Waals surface area contributed by atoms with E-state index in [4.69, 9.17) is 9.47 Å². The quantitative estimate of drug-likeness (QED) is 0.611. The Labute approximate surface area is 131 Å². The maximum Gasteiger partial charge on any atom is 0.248 e. The number of carbonyl (C=O) groups excluding carboxylic acids is 3. The zero-order chi connectivity index (χ0) is 16.4. The lowest BCUT2D eigenvalue weighted by molar-refractivity contribution is -0.137. The highest BCUT2D eigenvalue weighted by atomic mass is 16.5. The molecule has 0 aromatic heterocycles. The van der Waals surface area contributed by atoms with Crippen LogP contribution in [-0.4, -0.2) is 68.6 Å². The van der Waals surface area contributed by atoms with Gasteiger partial charge in [0.05, 0.1) is 13.2 Å². The van der Waals surface area contributed by atoms with Crippen molar-refractivity contribution in [1.82, 2.24) is 10.2 Å². The minimum Gasteiger partial charge on any atom is -0.382 e. The molecular weight excluding hydrogens is 288 g/mol. The van der Waals surface area contributed by atoms with E-state index in [1.54, 1.807) is 12.0 Å². The maximum atomic E-state index is 11.9. The molecule has 0 atom stereocenters. The van der Waals surface area contributed by atoms with Gasteiger partial charge in [0.25, 0.3) is 0 Å². The van der Waals surface area contributed by atoms with Crippen LogP contribution in [0.5, 0.6) is 0 Å². The number of hydrogen-bond donors (Lipinski definition) is 1. The van der Waals surface area contributed by atoms with Crippen LogP contribution in [0.1, 0.15) is 32.6 Å². The Morgan fingerprint density at radius 2 is 1.82 bits per heavy atom. The van der Waals surface area contributed by atoms with E-state index in [0.29, 0.717) is 26.3 Å². The van der Waals surface area contributed by atoms with Crippen LogP contribution in [-0.2, 0) is 23.9 Å². The van der Waals surface area contributed by atoms with Gasteiger partial charge in [-0.3, -0.25) is 9.59 Å². The van der Waals surface area contributed by atoms with Crippen LogP contribution in [0.4, 0.5) is 0 Å². The van der Waals surface area contributed by atoms with Gasteiger partial charge >= 0.3 is 0 Å². The van der Waals surface area contributed by atoms with Crippen molar-refractivity contribution in [3.8, 4) is 0 Å². The van der Waals surface area contributed by atoms with E-state index >= 15 is 0 Å². The zero-order valence-electron chi connectivity index (χ0n) is 13.4. The maximum absolute atomic E-state index is 11.9. The fraction of sp³-hybridized carbons (Fsp3) is 0.800. The molecule has 0 aliphatic carbocycles. The number of rotatable bonds is 9. The summed E-state index contributed by atoms with van der Waals surface area (Å²) < 4.78 is 10.1. The number of likely N-dealkylation sites (tertiary alicyclic amines) is 1. The molecule has 0 aromatic rings. The number of ketones is 1. The van der Waals surface area contributed by atoms with Crippen molar-refractivity contribution in [2.75, 3.05) is 40.0 Å². The molecule has 0 unspecified atom stereocenters. The highest BCUT2D eigenvalue weighted by Gasteiger charge is 2.23. The third kappa shape index (κ3) is 7.51. The molecule has 1 aliphatic heterocycles. The van der Waals surface area contributed by atoms with Crippen LogP contribution < -0.4 is 5.32 Å². The summed E-state index contributed by atoms with van der Waals surface area (Å²) in [6.07, 6.45) is 1.98. The highest BCUT2D eigenvalue weighted by Crippen LogP contribution is 2.11. The number of nitrogens with one attached hydrogen (secondary N) is 1. The van der Waals surface area contributed by atoms with Gasteiger partial charge in [0.15, 0.2) is 0 Å². The highest BCUT2D eigenvalue weighted by molar-refractivity contribution is 5.83. The third-order valence-electron chi connectivity index (χ3n) is 3.57. The molecule has 2 amide bonds. The second kappa shape index (κ2) is 10.3. The van der Waals surface area contributed by atoms with E-state index in [1.807, 2.05) is 0 Å². The molecule has 7 nitrogen and oxygen atoms in total. The van der Waals surface area contributed by atoms with Gasteiger partial charge in [-0.2, -0.15) is 0 Å². The second-order valence-corrected chi connectivity index (χ2v) is 5.47. The molecule has 0 bridgehead atoms. The second-order valence-electron chi connectivity index (χ2n) is 5.47. The molecule has 0 aromatic carbocycles. The Bertz CT molecular complexity index is 378. The standard InChI is InChI=1S/C15H26N2O5/c1-12(18)3-4-14(19)16-13-5-7-17(8-6-13)15(20)11-22-10-9-21-2/h13H,3-11H2,1-2H3,(H,16,19). The van der Waals surface area contributed by atoms with Crippen molar-refractivity contribution in [2.24, 2.45) is 0 Å². The van der Waals surface area contributed by atoms with E-state index < -0.39 is 0 Å². The number of carbonyl (C=O) groups is 3. The van der Waals surface area contributed by atoms with Crippen molar-refractivity contribution < 1.29 is 23.9 Å². The topological polar surface area (TPSA) is 84.9 Å². The van der Waals surface area contributed by atoms with Crippen molar-refractivity contribution in [3.05, 3.63) is 0 Å². The van der Waals surface area contributed by atoms with E-state index in [1.165, 1.54) is 6.92 Å². The Hall–Kier alpha value is -1.47. The smallest absolute Gasteiger partial charge is 0.248 e. The summed E-state index contributed by atoms with van der Waals surface area (Å²) in [5.74, 6) is -0.107. The first-order valence-electron chi connectivity index (χ1n) is 7.66. The van der Waals surface area contributed by atoms with Gasteiger partial charge in [0.2, 0.25) is 11.8 Å². The Morgan fingerprint density at radius 3 is 2.41 bits per heavy atom. The number of piperidine rings is 1. The van der Waals surface area contributed by atoms with E-state index in [2.05, 4.69) is 5.32 Å². The molecule has 1 heterocycles. The number of Topliss-reactive ketones (excluding diaryl/α,β-unsaturated/α-hetero) is 1. The molecule has 126 valence electrons. The summed E-state index contributed by atoms with van der Waals surface area (Å²) in [5.41, 5.74) is 0. The molecule has 0 saturated carbocycles. The average Bonchev–Trinajstić information content (AvgIpc) is 2.50. The first-order valence-corrected chi connectivity index (χ1v) is 7.66. The Balaban J connectivity index is 2.18. The number of methoxy groups -OCH3 is 1. The lowest BCUT2D eigenvalue weighted by atomic mass is 10.0. The lowest BCUT2D eigenvalue weighted by Gasteiger charge is -2.32. The van der Waals surface area contributed by atoms with E-state index in [9.17, 15) is 14.4 Å². The molecule has 22 heavy (non-hydrogen) atoms. The minimum atomic E-state index is -0.0946. The third-order valence-corrected chi connectivity index (χ3v) is 3.57. The molecule has 1 rings (SSSR count).